The summed E-state index contributed by atoms with van der Waals surface area (Å²) < 4.78 is 1.12. The van der Waals surface area contributed by atoms with E-state index in [1.807, 2.05) is 0 Å². The maximum atomic E-state index is 8.28. The van der Waals surface area contributed by atoms with Gasteiger partial charge in [0.15, 0.2) is 0 Å². The second-order valence-electron chi connectivity index (χ2n) is 3.26. The summed E-state index contributed by atoms with van der Waals surface area (Å²) in [7, 11) is 2.23. The first-order chi connectivity index (χ1) is 5.27. The molecule has 3 unspecified atom stereocenters. The minimum absolute atomic E-state index is 0.270. The van der Waals surface area contributed by atoms with E-state index in [1.54, 1.807) is 0 Å². The third-order valence-corrected chi connectivity index (χ3v) is 3.42. The van der Waals surface area contributed by atoms with Crippen LogP contribution in [0.2, 0.25) is 5.82 Å². The third-order valence-electron chi connectivity index (χ3n) is 2.29. The fourth-order valence-corrected chi connectivity index (χ4v) is 2.70. The minimum Gasteiger partial charge on any atom is -0.0903 e. The molecular formula is C6H11BIN3. The smallest absolute Gasteiger partial charge is 0.0903 e. The molecule has 3 nitrogen and oxygen atoms in total. The highest BCUT2D eigenvalue weighted by atomic mass is 127. The number of halogens is 1. The normalized spacial score (nSPS) is 36.6. The molecular weight excluding hydrogens is 252 g/mol. The Bertz CT molecular complexity index is 181. The van der Waals surface area contributed by atoms with E-state index in [9.17, 15) is 0 Å². The summed E-state index contributed by atoms with van der Waals surface area (Å²) in [6.45, 7) is 0. The third kappa shape index (κ3) is 2.27. The van der Waals surface area contributed by atoms with Crippen LogP contribution in [-0.2, 0) is 0 Å². The lowest BCUT2D eigenvalue weighted by molar-refractivity contribution is 0.540. The first-order valence-electron chi connectivity index (χ1n) is 3.88. The van der Waals surface area contributed by atoms with Gasteiger partial charge in [0.2, 0.25) is 0 Å². The summed E-state index contributed by atoms with van der Waals surface area (Å²) in [5.41, 5.74) is 8.28. The van der Waals surface area contributed by atoms with Crippen molar-refractivity contribution in [2.45, 2.75) is 24.7 Å². The number of alkyl halides is 1. The van der Waals surface area contributed by atoms with Gasteiger partial charge in [-0.05, 0) is 17.9 Å². The van der Waals surface area contributed by atoms with Crippen LogP contribution in [0, 0.1) is 5.92 Å². The highest BCUT2D eigenvalue weighted by molar-refractivity contribution is 14.1. The zero-order valence-electron chi connectivity index (χ0n) is 6.57. The zero-order chi connectivity index (χ0) is 8.27. The van der Waals surface area contributed by atoms with Gasteiger partial charge in [0.1, 0.15) is 7.85 Å². The maximum Gasteiger partial charge on any atom is 0.105 e. The van der Waals surface area contributed by atoms with Crippen molar-refractivity contribution in [2.24, 2.45) is 11.0 Å². The van der Waals surface area contributed by atoms with Gasteiger partial charge in [-0.3, -0.25) is 0 Å². The molecule has 1 aliphatic carbocycles. The van der Waals surface area contributed by atoms with Crippen molar-refractivity contribution in [1.82, 2.24) is 0 Å². The number of nitrogens with zero attached hydrogens (tertiary/aromatic N) is 3. The van der Waals surface area contributed by atoms with Crippen molar-refractivity contribution < 1.29 is 0 Å². The van der Waals surface area contributed by atoms with Gasteiger partial charge >= 0.3 is 0 Å². The molecule has 1 fully saturated rings. The molecule has 11 heavy (non-hydrogen) atoms. The molecule has 0 aromatic heterocycles. The van der Waals surface area contributed by atoms with Crippen LogP contribution in [0.4, 0.5) is 0 Å². The Labute approximate surface area is 81.1 Å². The van der Waals surface area contributed by atoms with Gasteiger partial charge in [0, 0.05) is 15.4 Å². The van der Waals surface area contributed by atoms with Crippen molar-refractivity contribution in [3.8, 4) is 0 Å². The molecule has 1 saturated carbocycles. The summed E-state index contributed by atoms with van der Waals surface area (Å²) >= 11 is 2.37. The molecule has 0 heterocycles. The van der Waals surface area contributed by atoms with Crippen molar-refractivity contribution >= 4 is 30.4 Å². The molecule has 5 heteroatoms. The van der Waals surface area contributed by atoms with E-state index >= 15 is 0 Å². The summed E-state index contributed by atoms with van der Waals surface area (Å²) in [4.78, 5) is 2.87. The number of rotatable bonds is 2. The molecule has 0 aromatic carbocycles. The Morgan fingerprint density at radius 1 is 1.64 bits per heavy atom. The Morgan fingerprint density at radius 3 is 2.91 bits per heavy atom. The fourth-order valence-electron chi connectivity index (χ4n) is 1.75. The van der Waals surface area contributed by atoms with Crippen molar-refractivity contribution in [2.75, 3.05) is 4.43 Å². The number of hydrogen-bond acceptors (Lipinski definition) is 1. The van der Waals surface area contributed by atoms with Crippen molar-refractivity contribution in [3.63, 3.8) is 0 Å². The molecule has 60 valence electrons. The maximum absolute atomic E-state index is 8.28. The van der Waals surface area contributed by atoms with E-state index in [0.717, 1.165) is 16.7 Å². The Morgan fingerprint density at radius 2 is 2.36 bits per heavy atom. The molecule has 0 amide bonds. The largest absolute Gasteiger partial charge is 0.105 e. The number of azide groups is 1. The predicted octanol–water partition coefficient (Wildman–Crippen LogP) is 1.93. The minimum atomic E-state index is 0.270. The van der Waals surface area contributed by atoms with Gasteiger partial charge in [-0.15, -0.1) is 0 Å². The van der Waals surface area contributed by atoms with E-state index in [0.29, 0.717) is 5.92 Å². The molecule has 0 spiro atoms. The Balaban J connectivity index is 2.56. The first kappa shape index (κ1) is 9.19. The van der Waals surface area contributed by atoms with E-state index in [-0.39, 0.29) is 6.04 Å². The Hall–Kier alpha value is 0.105. The van der Waals surface area contributed by atoms with E-state index in [2.05, 4.69) is 40.5 Å². The van der Waals surface area contributed by atoms with Crippen LogP contribution < -0.4 is 0 Å². The molecule has 0 bridgehead atoms. The highest BCUT2D eigenvalue weighted by Crippen LogP contribution is 2.36. The highest BCUT2D eigenvalue weighted by Gasteiger charge is 2.29. The molecule has 0 N–H and O–H groups in total. The van der Waals surface area contributed by atoms with Crippen LogP contribution in [0.5, 0.6) is 0 Å². The zero-order valence-corrected chi connectivity index (χ0v) is 8.73. The molecule has 0 saturated heterocycles. The predicted molar refractivity (Wildman–Crippen MR) is 56.8 cm³/mol. The van der Waals surface area contributed by atoms with Crippen LogP contribution in [-0.4, -0.2) is 18.3 Å². The number of hydrogen-bond donors (Lipinski definition) is 0. The molecule has 0 aromatic rings. The first-order valence-corrected chi connectivity index (χ1v) is 5.40. The topological polar surface area (TPSA) is 48.8 Å². The van der Waals surface area contributed by atoms with Crippen LogP contribution in [0.1, 0.15) is 12.8 Å². The molecule has 1 rings (SSSR count). The lowest BCUT2D eigenvalue weighted by Gasteiger charge is -2.09. The summed E-state index contributed by atoms with van der Waals surface area (Å²) in [5.74, 6) is 1.37. The van der Waals surface area contributed by atoms with Crippen LogP contribution in [0.15, 0.2) is 5.11 Å². The molecule has 0 radical (unpaired) electrons. The lowest BCUT2D eigenvalue weighted by atomic mass is 9.85. The average Bonchev–Trinajstić information content (AvgIpc) is 2.32. The molecule has 1 aliphatic rings. The van der Waals surface area contributed by atoms with Crippen molar-refractivity contribution in [1.29, 1.82) is 0 Å². The van der Waals surface area contributed by atoms with Gasteiger partial charge < -0.3 is 0 Å². The molecule has 0 aliphatic heterocycles. The van der Waals surface area contributed by atoms with Gasteiger partial charge in [-0.2, -0.15) is 0 Å². The average molecular weight is 263 g/mol. The molecule has 3 atom stereocenters. The second kappa shape index (κ2) is 4.21. The van der Waals surface area contributed by atoms with Gasteiger partial charge in [0.05, 0.1) is 0 Å². The SMILES string of the molecule is BC1CC(CI)C(N=[N+]=[N-])C1. The fraction of sp³-hybridized carbons (Fsp3) is 1.00. The lowest BCUT2D eigenvalue weighted by Crippen LogP contribution is -2.11. The van der Waals surface area contributed by atoms with Crippen LogP contribution in [0.25, 0.3) is 10.4 Å². The monoisotopic (exact) mass is 263 g/mol. The van der Waals surface area contributed by atoms with E-state index in [4.69, 9.17) is 5.53 Å². The van der Waals surface area contributed by atoms with Gasteiger partial charge in [-0.1, -0.05) is 39.9 Å². The second-order valence-corrected chi connectivity index (χ2v) is 4.14. The van der Waals surface area contributed by atoms with Gasteiger partial charge in [0.25, 0.3) is 0 Å². The standard InChI is InChI=1S/C6H11BIN3/c7-5-1-4(3-8)6(2-5)10-11-9/h4-6H,1-3,7H2. The quantitative estimate of drug-likeness (QED) is 0.182. The van der Waals surface area contributed by atoms with E-state index in [1.165, 1.54) is 6.42 Å². The van der Waals surface area contributed by atoms with E-state index < -0.39 is 0 Å². The van der Waals surface area contributed by atoms with Gasteiger partial charge in [-0.25, -0.2) is 0 Å². The summed E-state index contributed by atoms with van der Waals surface area (Å²) in [6, 6.07) is 0.270. The summed E-state index contributed by atoms with van der Waals surface area (Å²) in [6.07, 6.45) is 2.31. The van der Waals surface area contributed by atoms with Crippen LogP contribution >= 0.6 is 22.6 Å². The van der Waals surface area contributed by atoms with Crippen LogP contribution in [0.3, 0.4) is 0 Å². The van der Waals surface area contributed by atoms with Crippen molar-refractivity contribution in [3.05, 3.63) is 10.4 Å². The Kier molecular flexibility index (Phi) is 3.52. The summed E-state index contributed by atoms with van der Waals surface area (Å²) in [5, 5.41) is 3.80.